The van der Waals surface area contributed by atoms with Gasteiger partial charge in [-0.2, -0.15) is 0 Å². The lowest BCUT2D eigenvalue weighted by Gasteiger charge is -2.03. The molecule has 0 bridgehead atoms. The van der Waals surface area contributed by atoms with Gasteiger partial charge in [-0.25, -0.2) is 13.9 Å². The molecule has 4 aromatic rings. The average Bonchev–Trinajstić information content (AvgIpc) is 3.35. The lowest BCUT2D eigenvalue weighted by atomic mass is 10.0. The number of rotatable bonds is 5. The summed E-state index contributed by atoms with van der Waals surface area (Å²) >= 11 is 0. The number of hydrogen-bond acceptors (Lipinski definition) is 5. The molecule has 7 nitrogen and oxygen atoms in total. The molecule has 0 unspecified atom stereocenters. The minimum atomic E-state index is -0.342. The van der Waals surface area contributed by atoms with Crippen molar-refractivity contribution < 1.29 is 8.91 Å². The lowest BCUT2D eigenvalue weighted by molar-refractivity contribution is 0.422. The molecule has 3 aromatic heterocycles. The van der Waals surface area contributed by atoms with Crippen molar-refractivity contribution >= 4 is 5.65 Å². The zero-order valence-corrected chi connectivity index (χ0v) is 14.2. The van der Waals surface area contributed by atoms with Crippen LogP contribution >= 0.6 is 0 Å². The SMILES string of the molecule is NC/C(=C\F)Cn1nc2cc(-c3ccc(-c4ccon4)cc3)ccn2c1=O. The average molecular weight is 365 g/mol. The second-order valence-corrected chi connectivity index (χ2v) is 6.02. The molecule has 0 atom stereocenters. The predicted octanol–water partition coefficient (Wildman–Crippen LogP) is 2.63. The molecule has 0 amide bonds. The highest BCUT2D eigenvalue weighted by molar-refractivity contribution is 5.70. The molecule has 0 saturated heterocycles. The van der Waals surface area contributed by atoms with Crippen LogP contribution in [-0.4, -0.2) is 25.9 Å². The fourth-order valence-corrected chi connectivity index (χ4v) is 2.83. The molecule has 0 saturated carbocycles. The van der Waals surface area contributed by atoms with Crippen LogP contribution in [-0.2, 0) is 6.54 Å². The van der Waals surface area contributed by atoms with Crippen molar-refractivity contribution in [1.82, 2.24) is 19.3 Å². The van der Waals surface area contributed by atoms with E-state index in [0.717, 1.165) is 22.4 Å². The fourth-order valence-electron chi connectivity index (χ4n) is 2.83. The Hall–Kier alpha value is -3.52. The van der Waals surface area contributed by atoms with Crippen LogP contribution in [0.3, 0.4) is 0 Å². The van der Waals surface area contributed by atoms with Crippen molar-refractivity contribution in [3.8, 4) is 22.4 Å². The first-order chi connectivity index (χ1) is 13.2. The Morgan fingerprint density at radius 3 is 2.59 bits per heavy atom. The van der Waals surface area contributed by atoms with Gasteiger partial charge in [-0.3, -0.25) is 4.40 Å². The Labute approximate surface area is 153 Å². The second-order valence-electron chi connectivity index (χ2n) is 6.02. The van der Waals surface area contributed by atoms with Gasteiger partial charge in [0, 0.05) is 24.4 Å². The Morgan fingerprint density at radius 2 is 1.93 bits per heavy atom. The number of aromatic nitrogens is 4. The fraction of sp³-hybridized carbons (Fsp3) is 0.105. The zero-order valence-electron chi connectivity index (χ0n) is 14.2. The third-order valence-electron chi connectivity index (χ3n) is 4.31. The molecule has 136 valence electrons. The van der Waals surface area contributed by atoms with Gasteiger partial charge in [0.15, 0.2) is 5.65 Å². The topological polar surface area (TPSA) is 91.3 Å². The molecule has 27 heavy (non-hydrogen) atoms. The van der Waals surface area contributed by atoms with E-state index >= 15 is 0 Å². The minimum Gasteiger partial charge on any atom is -0.364 e. The summed E-state index contributed by atoms with van der Waals surface area (Å²) in [6, 6.07) is 13.3. The van der Waals surface area contributed by atoms with E-state index in [4.69, 9.17) is 10.3 Å². The molecule has 2 N–H and O–H groups in total. The van der Waals surface area contributed by atoms with E-state index in [9.17, 15) is 9.18 Å². The number of halogens is 1. The summed E-state index contributed by atoms with van der Waals surface area (Å²) in [5.41, 5.74) is 9.48. The van der Waals surface area contributed by atoms with Crippen molar-refractivity contribution in [2.45, 2.75) is 6.54 Å². The standard InChI is InChI=1S/C19H16FN5O2/c20-10-13(11-21)12-25-19(26)24-7-5-16(9-18(24)22-25)14-1-3-15(4-2-14)17-6-8-27-23-17/h1-10H,11-12,21H2/b13-10+. The summed E-state index contributed by atoms with van der Waals surface area (Å²) in [7, 11) is 0. The van der Waals surface area contributed by atoms with Crippen molar-refractivity contribution in [3.63, 3.8) is 0 Å². The zero-order chi connectivity index (χ0) is 18.8. The number of hydrogen-bond donors (Lipinski definition) is 1. The normalized spacial score (nSPS) is 12.0. The molecule has 0 aliphatic carbocycles. The highest BCUT2D eigenvalue weighted by atomic mass is 19.1. The summed E-state index contributed by atoms with van der Waals surface area (Å²) < 4.78 is 20.2. The molecule has 0 aliphatic rings. The molecular formula is C19H16FN5O2. The largest absolute Gasteiger partial charge is 0.364 e. The van der Waals surface area contributed by atoms with Crippen LogP contribution in [0.1, 0.15) is 0 Å². The first-order valence-corrected chi connectivity index (χ1v) is 8.28. The molecular weight excluding hydrogens is 349 g/mol. The van der Waals surface area contributed by atoms with Crippen LogP contribution in [0.15, 0.2) is 76.1 Å². The van der Waals surface area contributed by atoms with Crippen molar-refractivity contribution in [3.05, 3.63) is 77.3 Å². The van der Waals surface area contributed by atoms with Crippen molar-refractivity contribution in [2.75, 3.05) is 6.54 Å². The molecule has 3 heterocycles. The van der Waals surface area contributed by atoms with Gasteiger partial charge >= 0.3 is 5.69 Å². The molecule has 4 rings (SSSR count). The summed E-state index contributed by atoms with van der Waals surface area (Å²) in [5.74, 6) is 0. The summed E-state index contributed by atoms with van der Waals surface area (Å²) in [5, 5.41) is 8.19. The van der Waals surface area contributed by atoms with Crippen LogP contribution < -0.4 is 11.4 Å². The maximum atomic E-state index is 12.7. The smallest absolute Gasteiger partial charge is 0.350 e. The number of benzene rings is 1. The van der Waals surface area contributed by atoms with Gasteiger partial charge < -0.3 is 10.3 Å². The maximum absolute atomic E-state index is 12.7. The van der Waals surface area contributed by atoms with E-state index < -0.39 is 0 Å². The number of nitrogens with zero attached hydrogens (tertiary/aromatic N) is 4. The van der Waals surface area contributed by atoms with Crippen LogP contribution in [0.2, 0.25) is 0 Å². The first kappa shape index (κ1) is 16.9. The van der Waals surface area contributed by atoms with Crippen LogP contribution in [0.5, 0.6) is 0 Å². The Morgan fingerprint density at radius 1 is 1.15 bits per heavy atom. The molecule has 0 fully saturated rings. The summed E-state index contributed by atoms with van der Waals surface area (Å²) in [6.07, 6.45) is 3.60. The van der Waals surface area contributed by atoms with Gasteiger partial charge in [-0.1, -0.05) is 29.4 Å². The quantitative estimate of drug-likeness (QED) is 0.587. The van der Waals surface area contributed by atoms with Crippen LogP contribution in [0.25, 0.3) is 28.0 Å². The molecule has 1 aromatic carbocycles. The molecule has 0 spiro atoms. The minimum absolute atomic E-state index is 0.0231. The van der Waals surface area contributed by atoms with Crippen LogP contribution in [0, 0.1) is 0 Å². The van der Waals surface area contributed by atoms with Gasteiger partial charge in [0.25, 0.3) is 0 Å². The number of pyridine rings is 1. The highest BCUT2D eigenvalue weighted by Crippen LogP contribution is 2.24. The van der Waals surface area contributed by atoms with Gasteiger partial charge in [-0.15, -0.1) is 5.10 Å². The summed E-state index contributed by atoms with van der Waals surface area (Å²) in [4.78, 5) is 12.4. The van der Waals surface area contributed by atoms with E-state index in [2.05, 4.69) is 10.3 Å². The Kier molecular flexibility index (Phi) is 4.39. The lowest BCUT2D eigenvalue weighted by Crippen LogP contribution is -2.23. The number of fused-ring (bicyclic) bond motifs is 1. The molecule has 8 heteroatoms. The molecule has 0 aliphatic heterocycles. The summed E-state index contributed by atoms with van der Waals surface area (Å²) in [6.45, 7) is 0.0508. The van der Waals surface area contributed by atoms with Crippen molar-refractivity contribution in [2.24, 2.45) is 5.73 Å². The van der Waals surface area contributed by atoms with Gasteiger partial charge in [-0.05, 0) is 28.8 Å². The van der Waals surface area contributed by atoms with E-state index in [-0.39, 0.29) is 18.8 Å². The number of nitrogens with two attached hydrogens (primary N) is 1. The Bertz CT molecular complexity index is 1160. The van der Waals surface area contributed by atoms with E-state index in [0.29, 0.717) is 17.6 Å². The van der Waals surface area contributed by atoms with E-state index in [1.165, 1.54) is 15.3 Å². The highest BCUT2D eigenvalue weighted by Gasteiger charge is 2.10. The van der Waals surface area contributed by atoms with E-state index in [1.807, 2.05) is 36.4 Å². The Balaban J connectivity index is 1.68. The van der Waals surface area contributed by atoms with Gasteiger partial charge in [0.2, 0.25) is 0 Å². The van der Waals surface area contributed by atoms with Gasteiger partial charge in [0.1, 0.15) is 12.0 Å². The third kappa shape index (κ3) is 3.18. The van der Waals surface area contributed by atoms with Crippen molar-refractivity contribution in [1.29, 1.82) is 0 Å². The third-order valence-corrected chi connectivity index (χ3v) is 4.31. The predicted molar refractivity (Wildman–Crippen MR) is 98.6 cm³/mol. The monoisotopic (exact) mass is 365 g/mol. The second kappa shape index (κ2) is 7.00. The van der Waals surface area contributed by atoms with Crippen LogP contribution in [0.4, 0.5) is 4.39 Å². The van der Waals surface area contributed by atoms with Gasteiger partial charge in [0.05, 0.1) is 12.9 Å². The van der Waals surface area contributed by atoms with E-state index in [1.54, 1.807) is 12.3 Å². The first-order valence-electron chi connectivity index (χ1n) is 8.28. The maximum Gasteiger partial charge on any atom is 0.350 e. The molecule has 0 radical (unpaired) electrons.